The van der Waals surface area contributed by atoms with Gasteiger partial charge in [0, 0.05) is 5.92 Å². The van der Waals surface area contributed by atoms with E-state index in [0.29, 0.717) is 28.6 Å². The van der Waals surface area contributed by atoms with Crippen molar-refractivity contribution in [3.63, 3.8) is 0 Å². The minimum absolute atomic E-state index is 0.0369. The number of methoxy groups -OCH3 is 3. The highest BCUT2D eigenvalue weighted by Crippen LogP contribution is 2.41. The molecule has 148 valence electrons. The molecule has 0 saturated carbocycles. The summed E-state index contributed by atoms with van der Waals surface area (Å²) in [5.74, 6) is 2.04. The number of benzene rings is 2. The van der Waals surface area contributed by atoms with Crippen molar-refractivity contribution < 1.29 is 23.7 Å². The molecule has 0 amide bonds. The third-order valence-corrected chi connectivity index (χ3v) is 4.95. The molecule has 0 N–H and O–H groups in total. The zero-order valence-electron chi connectivity index (χ0n) is 17.2. The van der Waals surface area contributed by atoms with Gasteiger partial charge in [-0.05, 0) is 55.8 Å². The molecular formula is C23H26O5. The van der Waals surface area contributed by atoms with Gasteiger partial charge in [0.2, 0.25) is 0 Å². The zero-order chi connectivity index (χ0) is 20.5. The highest BCUT2D eigenvalue weighted by atomic mass is 16.5. The fourth-order valence-electron chi connectivity index (χ4n) is 3.35. The summed E-state index contributed by atoms with van der Waals surface area (Å²) in [5.41, 5.74) is 1.76. The minimum atomic E-state index is -0.392. The molecule has 0 bridgehead atoms. The predicted molar refractivity (Wildman–Crippen MR) is 109 cm³/mol. The first kappa shape index (κ1) is 19.8. The molecule has 5 heteroatoms. The van der Waals surface area contributed by atoms with Crippen LogP contribution in [-0.2, 0) is 0 Å². The summed E-state index contributed by atoms with van der Waals surface area (Å²) in [7, 11) is 4.73. The number of Topliss-reactive ketones (excluding diaryl/α,β-unsaturated/α-hetero) is 1. The lowest BCUT2D eigenvalue weighted by molar-refractivity contribution is 0.0962. The van der Waals surface area contributed by atoms with Gasteiger partial charge in [0.1, 0.15) is 17.1 Å². The second-order valence-electron chi connectivity index (χ2n) is 7.30. The van der Waals surface area contributed by atoms with Crippen molar-refractivity contribution in [1.82, 2.24) is 0 Å². The second kappa shape index (κ2) is 7.58. The Labute approximate surface area is 165 Å². The van der Waals surface area contributed by atoms with Crippen LogP contribution in [0.25, 0.3) is 6.08 Å². The molecule has 5 nitrogen and oxygen atoms in total. The van der Waals surface area contributed by atoms with Crippen LogP contribution >= 0.6 is 0 Å². The molecule has 1 heterocycles. The number of hydrogen-bond donors (Lipinski definition) is 0. The number of ether oxygens (including phenoxy) is 4. The predicted octanol–water partition coefficient (Wildman–Crippen LogP) is 4.88. The quantitative estimate of drug-likeness (QED) is 0.666. The van der Waals surface area contributed by atoms with Gasteiger partial charge in [0.05, 0.1) is 32.5 Å². The van der Waals surface area contributed by atoms with Crippen molar-refractivity contribution in [2.24, 2.45) is 0 Å². The Morgan fingerprint density at radius 3 is 2.36 bits per heavy atom. The molecule has 1 aliphatic rings. The first-order chi connectivity index (χ1) is 13.3. The molecule has 2 aromatic carbocycles. The fourth-order valence-corrected chi connectivity index (χ4v) is 3.35. The number of ketones is 1. The van der Waals surface area contributed by atoms with E-state index in [0.717, 1.165) is 11.1 Å². The number of rotatable bonds is 6. The van der Waals surface area contributed by atoms with E-state index >= 15 is 0 Å². The van der Waals surface area contributed by atoms with Gasteiger partial charge in [-0.25, -0.2) is 0 Å². The molecule has 28 heavy (non-hydrogen) atoms. The molecule has 0 fully saturated rings. The molecule has 0 unspecified atom stereocenters. The minimum Gasteiger partial charge on any atom is -0.495 e. The monoisotopic (exact) mass is 382 g/mol. The third kappa shape index (κ3) is 3.57. The Morgan fingerprint density at radius 1 is 1.00 bits per heavy atom. The average molecular weight is 382 g/mol. The Morgan fingerprint density at radius 2 is 1.71 bits per heavy atom. The van der Waals surface area contributed by atoms with Crippen molar-refractivity contribution in [2.45, 2.75) is 32.3 Å². The topological polar surface area (TPSA) is 54.0 Å². The summed E-state index contributed by atoms with van der Waals surface area (Å²) in [4.78, 5) is 13.3. The van der Waals surface area contributed by atoms with Gasteiger partial charge < -0.3 is 18.9 Å². The Bertz CT molecular complexity index is 927. The lowest BCUT2D eigenvalue weighted by Crippen LogP contribution is -2.27. The molecule has 0 spiro atoms. The maximum absolute atomic E-state index is 13.3. The van der Waals surface area contributed by atoms with E-state index in [9.17, 15) is 4.79 Å². The van der Waals surface area contributed by atoms with Gasteiger partial charge in [0.15, 0.2) is 17.3 Å². The summed E-state index contributed by atoms with van der Waals surface area (Å²) in [5, 5.41) is 0. The van der Waals surface area contributed by atoms with E-state index in [2.05, 4.69) is 0 Å². The standard InChI is InChI=1S/C23H26O5/c1-14(15-7-9-19(25-4)20(13-15)26-5)21(24)17-8-10-18-16(22(17)27-6)11-12-23(2,3)28-18/h7-14H,1-6H3/t14-/m0/s1. The Hall–Kier alpha value is -2.95. The maximum Gasteiger partial charge on any atom is 0.173 e. The molecule has 0 aromatic heterocycles. The molecule has 1 atom stereocenters. The van der Waals surface area contributed by atoms with Crippen LogP contribution in [0.4, 0.5) is 0 Å². The average Bonchev–Trinajstić information content (AvgIpc) is 2.70. The normalized spacial score (nSPS) is 15.2. The second-order valence-corrected chi connectivity index (χ2v) is 7.30. The number of carbonyl (C=O) groups excluding carboxylic acids is 1. The smallest absolute Gasteiger partial charge is 0.173 e. The molecule has 0 saturated heterocycles. The van der Waals surface area contributed by atoms with Crippen molar-refractivity contribution in [2.75, 3.05) is 21.3 Å². The van der Waals surface area contributed by atoms with Gasteiger partial charge in [-0.2, -0.15) is 0 Å². The largest absolute Gasteiger partial charge is 0.495 e. The van der Waals surface area contributed by atoms with E-state index in [-0.39, 0.29) is 11.7 Å². The van der Waals surface area contributed by atoms with Gasteiger partial charge in [-0.1, -0.05) is 13.0 Å². The highest BCUT2D eigenvalue weighted by molar-refractivity contribution is 6.04. The SMILES string of the molecule is COc1ccc([C@H](C)C(=O)c2ccc3c(c2OC)C=CC(C)(C)O3)cc1OC. The number of hydrogen-bond acceptors (Lipinski definition) is 5. The van der Waals surface area contributed by atoms with E-state index in [1.54, 1.807) is 33.5 Å². The third-order valence-electron chi connectivity index (χ3n) is 4.95. The van der Waals surface area contributed by atoms with E-state index < -0.39 is 5.60 Å². The molecule has 2 aromatic rings. The number of carbonyl (C=O) groups is 1. The molecule has 0 radical (unpaired) electrons. The van der Waals surface area contributed by atoms with Gasteiger partial charge in [-0.3, -0.25) is 4.79 Å². The summed E-state index contributed by atoms with van der Waals surface area (Å²) in [6, 6.07) is 9.11. The van der Waals surface area contributed by atoms with Crippen molar-refractivity contribution in [3.05, 3.63) is 53.1 Å². The lowest BCUT2D eigenvalue weighted by atomic mass is 9.89. The molecular weight excluding hydrogens is 356 g/mol. The fraction of sp³-hybridized carbons (Fsp3) is 0.348. The molecule has 1 aliphatic heterocycles. The summed E-state index contributed by atoms with van der Waals surface area (Å²) >= 11 is 0. The van der Waals surface area contributed by atoms with Crippen LogP contribution in [0.15, 0.2) is 36.4 Å². The van der Waals surface area contributed by atoms with Gasteiger partial charge in [-0.15, -0.1) is 0 Å². The van der Waals surface area contributed by atoms with Crippen LogP contribution in [0.3, 0.4) is 0 Å². The van der Waals surface area contributed by atoms with Crippen LogP contribution in [0.1, 0.15) is 48.2 Å². The summed E-state index contributed by atoms with van der Waals surface area (Å²) in [6.45, 7) is 5.84. The van der Waals surface area contributed by atoms with Gasteiger partial charge in [0.25, 0.3) is 0 Å². The maximum atomic E-state index is 13.3. The summed E-state index contributed by atoms with van der Waals surface area (Å²) < 4.78 is 22.2. The van der Waals surface area contributed by atoms with E-state index in [4.69, 9.17) is 18.9 Å². The van der Waals surface area contributed by atoms with Crippen LogP contribution in [0.2, 0.25) is 0 Å². The van der Waals surface area contributed by atoms with E-state index in [1.165, 1.54) is 0 Å². The van der Waals surface area contributed by atoms with Crippen molar-refractivity contribution >= 4 is 11.9 Å². The summed E-state index contributed by atoms with van der Waals surface area (Å²) in [6.07, 6.45) is 3.92. The lowest BCUT2D eigenvalue weighted by Gasteiger charge is -2.29. The van der Waals surface area contributed by atoms with Crippen molar-refractivity contribution in [1.29, 1.82) is 0 Å². The van der Waals surface area contributed by atoms with Gasteiger partial charge >= 0.3 is 0 Å². The Kier molecular flexibility index (Phi) is 5.36. The van der Waals surface area contributed by atoms with Crippen molar-refractivity contribution in [3.8, 4) is 23.0 Å². The first-order valence-electron chi connectivity index (χ1n) is 9.16. The Balaban J connectivity index is 1.99. The zero-order valence-corrected chi connectivity index (χ0v) is 17.2. The van der Waals surface area contributed by atoms with Crippen LogP contribution in [-0.4, -0.2) is 32.7 Å². The van der Waals surface area contributed by atoms with Crippen LogP contribution in [0, 0.1) is 0 Å². The highest BCUT2D eigenvalue weighted by Gasteiger charge is 2.28. The van der Waals surface area contributed by atoms with Crippen LogP contribution < -0.4 is 18.9 Å². The number of fused-ring (bicyclic) bond motifs is 1. The van der Waals surface area contributed by atoms with E-state index in [1.807, 2.05) is 51.1 Å². The molecule has 3 rings (SSSR count). The van der Waals surface area contributed by atoms with Crippen LogP contribution in [0.5, 0.6) is 23.0 Å². The first-order valence-corrected chi connectivity index (χ1v) is 9.16. The molecule has 0 aliphatic carbocycles.